The third-order valence-electron chi connectivity index (χ3n) is 18.9. The molecule has 11 heteroatoms. The van der Waals surface area contributed by atoms with Crippen LogP contribution >= 0.6 is 0 Å². The first kappa shape index (κ1) is 88.4. The second kappa shape index (κ2) is 69.3. The topological polar surface area (TPSA) is 175 Å². The van der Waals surface area contributed by atoms with Crippen LogP contribution in [-0.2, 0) is 23.8 Å². The Morgan fingerprint density at radius 3 is 1.13 bits per heavy atom. The van der Waals surface area contributed by atoms with Gasteiger partial charge in [-0.2, -0.15) is 0 Å². The smallest absolute Gasteiger partial charge is 0.306 e. The summed E-state index contributed by atoms with van der Waals surface area (Å²) in [6.07, 6.45) is 80.0. The molecule has 0 radical (unpaired) electrons. The summed E-state index contributed by atoms with van der Waals surface area (Å²) in [5.41, 5.74) is 0. The van der Waals surface area contributed by atoms with Crippen LogP contribution in [0.3, 0.4) is 0 Å². The van der Waals surface area contributed by atoms with E-state index in [2.05, 4.69) is 74.7 Å². The van der Waals surface area contributed by atoms with E-state index in [1.54, 1.807) is 6.08 Å². The van der Waals surface area contributed by atoms with Crippen molar-refractivity contribution >= 4 is 11.9 Å². The van der Waals surface area contributed by atoms with E-state index in [1.165, 1.54) is 257 Å². The number of amides is 1. The Bertz CT molecular complexity index is 1750. The predicted octanol–water partition coefficient (Wildman–Crippen LogP) is 21.6. The maximum Gasteiger partial charge on any atom is 0.306 e. The Kier molecular flexibility index (Phi) is 65.8. The van der Waals surface area contributed by atoms with E-state index in [9.17, 15) is 35.1 Å². The molecule has 8 atom stereocenters. The predicted molar refractivity (Wildman–Crippen MR) is 393 cm³/mol. The standard InChI is InChI=1S/C82H151NO10/c1-4-7-10-13-16-19-22-24-26-28-30-32-34-36-38-40-42-44-46-48-50-52-55-58-61-64-67-70-77(87)93-80-79(89)78(88)76(71-84)92-82(80)91-72-73(74(85)68-65-62-59-56-53-21-18-15-12-9-6-3)83-81(90)75(86)69-66-63-60-57-54-51-49-47-45-43-41-39-37-35-33-31-29-27-25-23-20-17-14-11-8-5-2/h17,20,25,27,31,33,37,39,65,68,73-76,78-80,82,84-86,88-89H,4-16,18-19,21-24,26,28-30,32,34-36,38,40-64,66-67,69-72H2,1-3H3,(H,83,90)/b20-17-,27-25-,33-31-,39-37-,68-65+. The minimum Gasteiger partial charge on any atom is -0.454 e. The van der Waals surface area contributed by atoms with Crippen molar-refractivity contribution in [3.8, 4) is 0 Å². The van der Waals surface area contributed by atoms with E-state index < -0.39 is 67.4 Å². The molecule has 0 aromatic carbocycles. The van der Waals surface area contributed by atoms with Crippen molar-refractivity contribution in [2.24, 2.45) is 0 Å². The molecule has 0 spiro atoms. The third kappa shape index (κ3) is 56.0. The summed E-state index contributed by atoms with van der Waals surface area (Å²) >= 11 is 0. The highest BCUT2D eigenvalue weighted by atomic mass is 16.7. The molecule has 544 valence electrons. The fourth-order valence-corrected chi connectivity index (χ4v) is 12.6. The van der Waals surface area contributed by atoms with Gasteiger partial charge in [-0.25, -0.2) is 0 Å². The molecule has 1 aliphatic rings. The average molecular weight is 1310 g/mol. The number of carbonyl (C=O) groups is 2. The number of allylic oxidation sites excluding steroid dienone is 9. The van der Waals surface area contributed by atoms with Crippen molar-refractivity contribution in [2.45, 2.75) is 436 Å². The van der Waals surface area contributed by atoms with Gasteiger partial charge >= 0.3 is 5.97 Å². The Balaban J connectivity index is 2.47. The molecule has 1 saturated heterocycles. The number of aliphatic hydroxyl groups excluding tert-OH is 5. The highest BCUT2D eigenvalue weighted by Crippen LogP contribution is 2.27. The number of hydrogen-bond donors (Lipinski definition) is 6. The van der Waals surface area contributed by atoms with Crippen LogP contribution in [0.2, 0.25) is 0 Å². The summed E-state index contributed by atoms with van der Waals surface area (Å²) in [6.45, 7) is 5.82. The second-order valence-electron chi connectivity index (χ2n) is 27.8. The Hall–Kier alpha value is -2.64. The maximum atomic E-state index is 13.5. The summed E-state index contributed by atoms with van der Waals surface area (Å²) < 4.78 is 17.7. The minimum atomic E-state index is -1.61. The highest BCUT2D eigenvalue weighted by molar-refractivity contribution is 5.80. The molecule has 0 aliphatic carbocycles. The lowest BCUT2D eigenvalue weighted by atomic mass is 9.99. The van der Waals surface area contributed by atoms with Gasteiger partial charge in [0.15, 0.2) is 12.4 Å². The van der Waals surface area contributed by atoms with Crippen molar-refractivity contribution in [2.75, 3.05) is 13.2 Å². The first-order valence-corrected chi connectivity index (χ1v) is 40.1. The van der Waals surface area contributed by atoms with Crippen molar-refractivity contribution in [1.82, 2.24) is 5.32 Å². The van der Waals surface area contributed by atoms with Crippen LogP contribution in [0, 0.1) is 0 Å². The Morgan fingerprint density at radius 1 is 0.419 bits per heavy atom. The van der Waals surface area contributed by atoms with E-state index in [4.69, 9.17) is 14.2 Å². The number of nitrogens with one attached hydrogen (secondary N) is 1. The number of unbranched alkanes of at least 4 members (excludes halogenated alkanes) is 48. The van der Waals surface area contributed by atoms with Crippen LogP contribution in [0.1, 0.15) is 387 Å². The lowest BCUT2D eigenvalue weighted by molar-refractivity contribution is -0.305. The van der Waals surface area contributed by atoms with Crippen LogP contribution in [0.15, 0.2) is 60.8 Å². The summed E-state index contributed by atoms with van der Waals surface area (Å²) in [7, 11) is 0. The summed E-state index contributed by atoms with van der Waals surface area (Å²) in [5.74, 6) is -1.18. The molecule has 1 aliphatic heterocycles. The summed E-state index contributed by atoms with van der Waals surface area (Å²) in [5, 5.41) is 57.4. The van der Waals surface area contributed by atoms with Crippen LogP contribution in [0.5, 0.6) is 0 Å². The van der Waals surface area contributed by atoms with Gasteiger partial charge in [-0.05, 0) is 70.6 Å². The number of aliphatic hydroxyl groups is 5. The Morgan fingerprint density at radius 2 is 0.742 bits per heavy atom. The zero-order chi connectivity index (χ0) is 67.4. The largest absolute Gasteiger partial charge is 0.454 e. The second-order valence-corrected chi connectivity index (χ2v) is 27.8. The van der Waals surface area contributed by atoms with Crippen molar-refractivity contribution in [3.05, 3.63) is 60.8 Å². The lowest BCUT2D eigenvalue weighted by Gasteiger charge is -2.41. The maximum absolute atomic E-state index is 13.5. The highest BCUT2D eigenvalue weighted by Gasteiger charge is 2.47. The van der Waals surface area contributed by atoms with E-state index >= 15 is 0 Å². The fraction of sp³-hybridized carbons (Fsp3) is 0.854. The molecule has 11 nitrogen and oxygen atoms in total. The van der Waals surface area contributed by atoms with Gasteiger partial charge in [-0.15, -0.1) is 0 Å². The third-order valence-corrected chi connectivity index (χ3v) is 18.9. The van der Waals surface area contributed by atoms with Crippen LogP contribution in [0.4, 0.5) is 0 Å². The Labute approximate surface area is 573 Å². The van der Waals surface area contributed by atoms with Gasteiger partial charge in [0.1, 0.15) is 24.4 Å². The summed E-state index contributed by atoms with van der Waals surface area (Å²) in [6, 6.07) is -1.03. The molecule has 1 fully saturated rings. The molecule has 6 N–H and O–H groups in total. The molecule has 1 heterocycles. The number of esters is 1. The van der Waals surface area contributed by atoms with Gasteiger partial charge in [0, 0.05) is 6.42 Å². The molecule has 1 amide bonds. The molecular weight excluding hydrogens is 1160 g/mol. The quantitative estimate of drug-likeness (QED) is 0.0195. The van der Waals surface area contributed by atoms with Crippen LogP contribution in [0.25, 0.3) is 0 Å². The normalized spacial score (nSPS) is 18.1. The van der Waals surface area contributed by atoms with Crippen molar-refractivity contribution in [3.63, 3.8) is 0 Å². The molecule has 0 aromatic heterocycles. The van der Waals surface area contributed by atoms with E-state index in [-0.39, 0.29) is 19.4 Å². The lowest BCUT2D eigenvalue weighted by Crippen LogP contribution is -2.61. The van der Waals surface area contributed by atoms with Crippen molar-refractivity contribution in [1.29, 1.82) is 0 Å². The van der Waals surface area contributed by atoms with Crippen molar-refractivity contribution < 1.29 is 49.3 Å². The fourth-order valence-electron chi connectivity index (χ4n) is 12.6. The van der Waals surface area contributed by atoms with E-state index in [1.807, 2.05) is 6.08 Å². The van der Waals surface area contributed by atoms with Gasteiger partial charge in [0.05, 0.1) is 25.4 Å². The zero-order valence-corrected chi connectivity index (χ0v) is 60.9. The number of rotatable bonds is 70. The molecule has 1 rings (SSSR count). The summed E-state index contributed by atoms with van der Waals surface area (Å²) in [4.78, 5) is 26.8. The number of hydrogen-bond acceptors (Lipinski definition) is 10. The van der Waals surface area contributed by atoms with Gasteiger partial charge in [-0.1, -0.05) is 370 Å². The first-order valence-electron chi connectivity index (χ1n) is 40.1. The van der Waals surface area contributed by atoms with E-state index in [0.29, 0.717) is 12.8 Å². The molecular formula is C82H151NO10. The molecule has 0 bridgehead atoms. The van der Waals surface area contributed by atoms with E-state index in [0.717, 1.165) is 83.5 Å². The molecule has 0 saturated carbocycles. The number of carbonyl (C=O) groups excluding carboxylic acids is 2. The van der Waals surface area contributed by atoms with Gasteiger partial charge in [0.2, 0.25) is 5.91 Å². The molecule has 93 heavy (non-hydrogen) atoms. The van der Waals surface area contributed by atoms with Gasteiger partial charge < -0.3 is 45.1 Å². The van der Waals surface area contributed by atoms with Gasteiger partial charge in [-0.3, -0.25) is 9.59 Å². The average Bonchev–Trinajstić information content (AvgIpc) is 0.974. The van der Waals surface area contributed by atoms with Gasteiger partial charge in [0.25, 0.3) is 0 Å². The minimum absolute atomic E-state index is 0.128. The number of ether oxygens (including phenoxy) is 3. The first-order chi connectivity index (χ1) is 45.7. The van der Waals surface area contributed by atoms with Crippen LogP contribution < -0.4 is 5.32 Å². The molecule has 0 aromatic rings. The SMILES string of the molecule is CCCCC/C=C\C/C=C\C/C=C\C/C=C\CCCCCCCCCCCCC(O)C(=O)NC(COC1OC(CO)C(O)C(O)C1OC(=O)CCCCCCCCCCCCCCCCCCCCCCCCCCCCC)C(O)/C=C/CCCCCCCCCCC. The molecule has 8 unspecified atom stereocenters. The van der Waals surface area contributed by atoms with Crippen LogP contribution in [-0.4, -0.2) is 99.6 Å². The zero-order valence-electron chi connectivity index (χ0n) is 60.9. The monoisotopic (exact) mass is 1310 g/mol.